The van der Waals surface area contributed by atoms with Gasteiger partial charge in [-0.1, -0.05) is 71.6 Å². The Kier molecular flexibility index (Phi) is 5.80. The van der Waals surface area contributed by atoms with Crippen LogP contribution in [0.25, 0.3) is 0 Å². The molecule has 0 aliphatic carbocycles. The van der Waals surface area contributed by atoms with Gasteiger partial charge in [0.15, 0.2) is 10.1 Å². The van der Waals surface area contributed by atoms with Gasteiger partial charge >= 0.3 is 0 Å². The summed E-state index contributed by atoms with van der Waals surface area (Å²) in [4.78, 5) is 25.1. The summed E-state index contributed by atoms with van der Waals surface area (Å²) in [6, 6.07) is 16.3. The van der Waals surface area contributed by atoms with E-state index in [1.165, 1.54) is 23.1 Å². The quantitative estimate of drug-likeness (QED) is 0.392. The van der Waals surface area contributed by atoms with E-state index in [1.807, 2.05) is 30.5 Å². The number of hydrogen-bond acceptors (Lipinski definition) is 6. The second kappa shape index (κ2) is 8.25. The maximum Gasteiger partial charge on any atom is 0.233 e. The van der Waals surface area contributed by atoms with E-state index in [1.54, 1.807) is 37.3 Å². The van der Waals surface area contributed by atoms with E-state index < -0.39 is 5.92 Å². The minimum Gasteiger partial charge on any atom is -0.300 e. The third kappa shape index (κ3) is 4.17. The van der Waals surface area contributed by atoms with E-state index in [-0.39, 0.29) is 11.7 Å². The van der Waals surface area contributed by atoms with Crippen molar-refractivity contribution in [2.24, 2.45) is 0 Å². The van der Waals surface area contributed by atoms with Gasteiger partial charge in [-0.3, -0.25) is 14.9 Å². The van der Waals surface area contributed by atoms with Crippen molar-refractivity contribution in [1.82, 2.24) is 10.2 Å². The number of hydrogen-bond donors (Lipinski definition) is 1. The molecule has 1 unspecified atom stereocenters. The SMILES string of the molecule is CSc1nnc(NC(=O)C(C)c2cccc(C(=O)c3ccccc3)c2)s1. The molecule has 2 aromatic carbocycles. The summed E-state index contributed by atoms with van der Waals surface area (Å²) in [5, 5.41) is 11.2. The number of carbonyl (C=O) groups excluding carboxylic acids is 2. The molecule has 0 saturated heterocycles. The molecule has 0 bridgehead atoms. The third-order valence-electron chi connectivity index (χ3n) is 3.89. The first-order valence-corrected chi connectivity index (χ1v) is 10.0. The first-order valence-electron chi connectivity index (χ1n) is 7.96. The monoisotopic (exact) mass is 383 g/mol. The highest BCUT2D eigenvalue weighted by atomic mass is 32.2. The van der Waals surface area contributed by atoms with Gasteiger partial charge in [0.25, 0.3) is 0 Å². The van der Waals surface area contributed by atoms with Crippen molar-refractivity contribution < 1.29 is 9.59 Å². The zero-order chi connectivity index (χ0) is 18.5. The average Bonchev–Trinajstić information content (AvgIpc) is 3.15. The number of nitrogens with zero attached hydrogens (tertiary/aromatic N) is 2. The number of anilines is 1. The predicted octanol–water partition coefficient (Wildman–Crippen LogP) is 4.23. The molecule has 26 heavy (non-hydrogen) atoms. The molecule has 1 heterocycles. The molecule has 132 valence electrons. The van der Waals surface area contributed by atoms with Crippen LogP contribution in [-0.4, -0.2) is 28.1 Å². The van der Waals surface area contributed by atoms with Gasteiger partial charge in [-0.15, -0.1) is 10.2 Å². The Morgan fingerprint density at radius 1 is 1.04 bits per heavy atom. The van der Waals surface area contributed by atoms with Crippen LogP contribution in [0.2, 0.25) is 0 Å². The number of benzene rings is 2. The maximum absolute atomic E-state index is 12.6. The van der Waals surface area contributed by atoms with Crippen LogP contribution in [0, 0.1) is 0 Å². The summed E-state index contributed by atoms with van der Waals surface area (Å²) < 4.78 is 0.795. The third-order valence-corrected chi connectivity index (χ3v) is 5.70. The fourth-order valence-electron chi connectivity index (χ4n) is 2.41. The summed E-state index contributed by atoms with van der Waals surface area (Å²) in [7, 11) is 0. The number of aromatic nitrogens is 2. The van der Waals surface area contributed by atoms with E-state index in [2.05, 4.69) is 15.5 Å². The Hall–Kier alpha value is -2.51. The molecule has 1 atom stereocenters. The van der Waals surface area contributed by atoms with Crippen LogP contribution in [0.4, 0.5) is 5.13 Å². The van der Waals surface area contributed by atoms with E-state index in [0.717, 1.165) is 9.90 Å². The number of ketones is 1. The molecule has 7 heteroatoms. The molecule has 5 nitrogen and oxygen atoms in total. The Morgan fingerprint density at radius 3 is 2.46 bits per heavy atom. The zero-order valence-corrected chi connectivity index (χ0v) is 15.9. The maximum atomic E-state index is 12.6. The molecule has 0 aliphatic heterocycles. The van der Waals surface area contributed by atoms with Crippen LogP contribution in [0.1, 0.15) is 34.3 Å². The Balaban J connectivity index is 1.76. The highest BCUT2D eigenvalue weighted by molar-refractivity contribution is 8.00. The second-order valence-electron chi connectivity index (χ2n) is 5.61. The molecule has 0 radical (unpaired) electrons. The zero-order valence-electron chi connectivity index (χ0n) is 14.3. The molecule has 0 spiro atoms. The highest BCUT2D eigenvalue weighted by Crippen LogP contribution is 2.25. The van der Waals surface area contributed by atoms with Crippen LogP contribution >= 0.6 is 23.1 Å². The van der Waals surface area contributed by atoms with Crippen molar-refractivity contribution in [2.45, 2.75) is 17.2 Å². The van der Waals surface area contributed by atoms with E-state index in [4.69, 9.17) is 0 Å². The summed E-state index contributed by atoms with van der Waals surface area (Å²) in [6.07, 6.45) is 1.91. The van der Waals surface area contributed by atoms with Gasteiger partial charge in [-0.05, 0) is 24.8 Å². The van der Waals surface area contributed by atoms with Crippen molar-refractivity contribution >= 4 is 39.9 Å². The van der Waals surface area contributed by atoms with Crippen LogP contribution in [0.5, 0.6) is 0 Å². The lowest BCUT2D eigenvalue weighted by molar-refractivity contribution is -0.117. The molecule has 3 aromatic rings. The normalized spacial score (nSPS) is 11.8. The van der Waals surface area contributed by atoms with Crippen LogP contribution in [-0.2, 0) is 4.79 Å². The highest BCUT2D eigenvalue weighted by Gasteiger charge is 2.19. The minimum atomic E-state index is -0.417. The molecular formula is C19H17N3O2S2. The summed E-state index contributed by atoms with van der Waals surface area (Å²) in [5.41, 5.74) is 1.97. The molecule has 1 aromatic heterocycles. The average molecular weight is 383 g/mol. The van der Waals surface area contributed by atoms with Gasteiger partial charge in [-0.25, -0.2) is 0 Å². The number of rotatable bonds is 6. The minimum absolute atomic E-state index is 0.0613. The lowest BCUT2D eigenvalue weighted by Crippen LogP contribution is -2.19. The topological polar surface area (TPSA) is 72.0 Å². The van der Waals surface area contributed by atoms with Gasteiger partial charge < -0.3 is 0 Å². The Bertz CT molecular complexity index is 925. The summed E-state index contributed by atoms with van der Waals surface area (Å²) in [5.74, 6) is -0.660. The second-order valence-corrected chi connectivity index (χ2v) is 7.64. The van der Waals surface area contributed by atoms with Crippen molar-refractivity contribution in [3.63, 3.8) is 0 Å². The lowest BCUT2D eigenvalue weighted by atomic mass is 9.95. The fourth-order valence-corrected chi connectivity index (χ4v) is 3.59. The van der Waals surface area contributed by atoms with Crippen molar-refractivity contribution in [3.05, 3.63) is 71.3 Å². The first-order chi connectivity index (χ1) is 12.6. The van der Waals surface area contributed by atoms with Crippen LogP contribution < -0.4 is 5.32 Å². The Labute approximate surface area is 159 Å². The number of thioether (sulfide) groups is 1. The molecule has 0 fully saturated rings. The van der Waals surface area contributed by atoms with Gasteiger partial charge in [0.2, 0.25) is 11.0 Å². The molecule has 0 aliphatic rings. The van der Waals surface area contributed by atoms with Crippen molar-refractivity contribution in [1.29, 1.82) is 0 Å². The summed E-state index contributed by atoms with van der Waals surface area (Å²) in [6.45, 7) is 1.80. The molecule has 1 amide bonds. The number of amides is 1. The predicted molar refractivity (Wildman–Crippen MR) is 105 cm³/mol. The van der Waals surface area contributed by atoms with Crippen molar-refractivity contribution in [3.8, 4) is 0 Å². The smallest absolute Gasteiger partial charge is 0.233 e. The molecular weight excluding hydrogens is 366 g/mol. The van der Waals surface area contributed by atoms with E-state index in [0.29, 0.717) is 16.3 Å². The molecule has 0 saturated carbocycles. The molecule has 1 N–H and O–H groups in total. The van der Waals surface area contributed by atoms with Gasteiger partial charge in [0.1, 0.15) is 0 Å². The summed E-state index contributed by atoms with van der Waals surface area (Å²) >= 11 is 2.81. The Morgan fingerprint density at radius 2 is 1.77 bits per heavy atom. The fraction of sp³-hybridized carbons (Fsp3) is 0.158. The van der Waals surface area contributed by atoms with Gasteiger partial charge in [-0.2, -0.15) is 0 Å². The number of nitrogens with one attached hydrogen (secondary N) is 1. The van der Waals surface area contributed by atoms with E-state index in [9.17, 15) is 9.59 Å². The van der Waals surface area contributed by atoms with Gasteiger partial charge in [0, 0.05) is 11.1 Å². The molecule has 3 rings (SSSR count). The van der Waals surface area contributed by atoms with Crippen molar-refractivity contribution in [2.75, 3.05) is 11.6 Å². The standard InChI is InChI=1S/C19H17N3O2S2/c1-12(17(24)20-18-21-22-19(25-2)26-18)14-9-6-10-15(11-14)16(23)13-7-4-3-5-8-13/h3-12H,1-2H3,(H,20,21,24). The van der Waals surface area contributed by atoms with Gasteiger partial charge in [0.05, 0.1) is 5.92 Å². The first kappa shape index (κ1) is 18.3. The van der Waals surface area contributed by atoms with E-state index >= 15 is 0 Å². The largest absolute Gasteiger partial charge is 0.300 e. The number of carbonyl (C=O) groups is 2. The van der Waals surface area contributed by atoms with Crippen LogP contribution in [0.3, 0.4) is 0 Å². The van der Waals surface area contributed by atoms with Crippen LogP contribution in [0.15, 0.2) is 58.9 Å². The lowest BCUT2D eigenvalue weighted by Gasteiger charge is -2.12.